The van der Waals surface area contributed by atoms with E-state index >= 15 is 0 Å². The number of imidazole rings is 1. The van der Waals surface area contributed by atoms with Crippen molar-refractivity contribution in [1.29, 1.82) is 0 Å². The Balaban J connectivity index is 1.81. The van der Waals surface area contributed by atoms with Gasteiger partial charge in [0.15, 0.2) is 22.8 Å². The number of piperidine rings is 1. The molecule has 1 atom stereocenters. The Morgan fingerprint density at radius 3 is 3.00 bits per heavy atom. The van der Waals surface area contributed by atoms with Crippen molar-refractivity contribution in [3.63, 3.8) is 0 Å². The second-order valence-corrected chi connectivity index (χ2v) is 5.67. The van der Waals surface area contributed by atoms with E-state index in [9.17, 15) is 4.79 Å². The van der Waals surface area contributed by atoms with Gasteiger partial charge >= 0.3 is 5.69 Å². The Bertz CT molecular complexity index is 878. The molecule has 1 aliphatic rings. The lowest BCUT2D eigenvalue weighted by Gasteiger charge is -2.35. The van der Waals surface area contributed by atoms with Crippen molar-refractivity contribution in [3.05, 3.63) is 29.0 Å². The molecule has 0 radical (unpaired) electrons. The fourth-order valence-corrected chi connectivity index (χ4v) is 3.22. The number of nitrogens with zero attached hydrogens (tertiary/aromatic N) is 6. The summed E-state index contributed by atoms with van der Waals surface area (Å²) < 4.78 is 2.00. The lowest BCUT2D eigenvalue weighted by molar-refractivity contribution is 0.454. The van der Waals surface area contributed by atoms with E-state index in [0.717, 1.165) is 49.3 Å². The lowest BCUT2D eigenvalue weighted by atomic mass is 10.0. The average molecular weight is 314 g/mol. The first kappa shape index (κ1) is 13.9. The fraction of sp³-hybridized carbons (Fsp3) is 0.500. The van der Waals surface area contributed by atoms with Crippen LogP contribution in [0, 0.1) is 0 Å². The third-order valence-electron chi connectivity index (χ3n) is 4.33. The molecule has 1 aliphatic heterocycles. The first-order valence-corrected chi connectivity index (χ1v) is 7.85. The van der Waals surface area contributed by atoms with Gasteiger partial charge in [-0.1, -0.05) is 0 Å². The van der Waals surface area contributed by atoms with Crippen molar-refractivity contribution in [1.82, 2.24) is 34.7 Å². The summed E-state index contributed by atoms with van der Waals surface area (Å²) in [6, 6.07) is -0.00687. The predicted molar refractivity (Wildman–Crippen MR) is 84.1 cm³/mol. The Labute approximate surface area is 131 Å². The highest BCUT2D eigenvalue weighted by atomic mass is 16.1. The van der Waals surface area contributed by atoms with Crippen LogP contribution < -0.4 is 10.6 Å². The highest BCUT2D eigenvalue weighted by molar-refractivity contribution is 5.83. The van der Waals surface area contributed by atoms with Crippen molar-refractivity contribution in [2.75, 3.05) is 11.4 Å². The van der Waals surface area contributed by atoms with Crippen molar-refractivity contribution in [2.45, 2.75) is 38.8 Å². The van der Waals surface area contributed by atoms with E-state index in [1.54, 1.807) is 12.7 Å². The zero-order valence-corrected chi connectivity index (χ0v) is 12.9. The molecule has 0 spiro atoms. The van der Waals surface area contributed by atoms with Crippen LogP contribution in [0.2, 0.25) is 0 Å². The van der Waals surface area contributed by atoms with E-state index in [4.69, 9.17) is 0 Å². The number of aryl methyl sites for hydroxylation is 1. The predicted octanol–water partition coefficient (Wildman–Crippen LogP) is 0.989. The van der Waals surface area contributed by atoms with Crippen LogP contribution >= 0.6 is 0 Å². The molecular weight excluding hydrogens is 296 g/mol. The molecule has 0 aliphatic carbocycles. The molecule has 120 valence electrons. The van der Waals surface area contributed by atoms with Gasteiger partial charge in [0, 0.05) is 13.1 Å². The maximum atomic E-state index is 11.4. The molecule has 2 N–H and O–H groups in total. The van der Waals surface area contributed by atoms with Gasteiger partial charge in [-0.15, -0.1) is 0 Å². The number of fused-ring (bicyclic) bond motifs is 1. The van der Waals surface area contributed by atoms with Crippen LogP contribution in [-0.4, -0.2) is 41.2 Å². The van der Waals surface area contributed by atoms with Gasteiger partial charge in [-0.3, -0.25) is 4.98 Å². The van der Waals surface area contributed by atoms with E-state index in [-0.39, 0.29) is 11.7 Å². The largest absolute Gasteiger partial charge is 0.344 e. The quantitative estimate of drug-likeness (QED) is 0.746. The van der Waals surface area contributed by atoms with Crippen molar-refractivity contribution >= 4 is 17.0 Å². The monoisotopic (exact) mass is 314 g/mol. The molecule has 0 saturated carbocycles. The van der Waals surface area contributed by atoms with Crippen molar-refractivity contribution in [3.8, 4) is 0 Å². The molecule has 1 fully saturated rings. The minimum absolute atomic E-state index is 0.00687. The summed E-state index contributed by atoms with van der Waals surface area (Å²) in [7, 11) is 0. The molecule has 3 aromatic rings. The van der Waals surface area contributed by atoms with Gasteiger partial charge in [0.2, 0.25) is 0 Å². The molecule has 9 heteroatoms. The van der Waals surface area contributed by atoms with E-state index in [2.05, 4.69) is 42.0 Å². The summed E-state index contributed by atoms with van der Waals surface area (Å²) in [6.07, 6.45) is 6.45. The first-order chi connectivity index (χ1) is 11.3. The summed E-state index contributed by atoms with van der Waals surface area (Å²) in [5.74, 6) is 1.45. The molecule has 0 amide bonds. The zero-order chi connectivity index (χ0) is 15.8. The first-order valence-electron chi connectivity index (χ1n) is 7.85. The summed E-state index contributed by atoms with van der Waals surface area (Å²) in [4.78, 5) is 29.7. The molecule has 9 nitrogen and oxygen atoms in total. The molecule has 0 aromatic carbocycles. The molecule has 4 heterocycles. The minimum Gasteiger partial charge on any atom is -0.344 e. The van der Waals surface area contributed by atoms with Crippen molar-refractivity contribution in [2.24, 2.45) is 0 Å². The molecule has 0 bridgehead atoms. The Hall–Kier alpha value is -2.71. The zero-order valence-electron chi connectivity index (χ0n) is 12.9. The smallest absolute Gasteiger partial charge is 0.340 e. The van der Waals surface area contributed by atoms with Crippen LogP contribution in [0.25, 0.3) is 11.2 Å². The standard InChI is InChI=1S/C14H18N8O/c1-2-21-8-17-10-12(21)15-7-16-13(10)22-6-4-3-5-9(22)11-18-14(23)20-19-11/h7-9H,2-6H2,1H3,(H2,18,19,20,23)/t9-/m1/s1. The summed E-state index contributed by atoms with van der Waals surface area (Å²) in [6.45, 7) is 3.72. The lowest BCUT2D eigenvalue weighted by Crippen LogP contribution is -2.35. The van der Waals surface area contributed by atoms with Gasteiger partial charge in [-0.05, 0) is 26.2 Å². The van der Waals surface area contributed by atoms with Crippen LogP contribution in [0.3, 0.4) is 0 Å². The van der Waals surface area contributed by atoms with Crippen LogP contribution in [-0.2, 0) is 6.54 Å². The Morgan fingerprint density at radius 1 is 1.30 bits per heavy atom. The highest BCUT2D eigenvalue weighted by Crippen LogP contribution is 2.34. The van der Waals surface area contributed by atoms with Crippen LogP contribution in [0.4, 0.5) is 5.82 Å². The molecule has 3 aromatic heterocycles. The van der Waals surface area contributed by atoms with Crippen LogP contribution in [0.5, 0.6) is 0 Å². The number of aromatic amines is 2. The second kappa shape index (κ2) is 5.49. The number of anilines is 1. The van der Waals surface area contributed by atoms with Gasteiger partial charge in [-0.25, -0.2) is 24.8 Å². The van der Waals surface area contributed by atoms with Gasteiger partial charge < -0.3 is 9.47 Å². The maximum Gasteiger partial charge on any atom is 0.340 e. The van der Waals surface area contributed by atoms with Gasteiger partial charge in [-0.2, -0.15) is 5.10 Å². The molecule has 1 saturated heterocycles. The minimum atomic E-state index is -0.284. The number of H-pyrrole nitrogens is 2. The van der Waals surface area contributed by atoms with E-state index in [1.165, 1.54) is 0 Å². The van der Waals surface area contributed by atoms with E-state index in [0.29, 0.717) is 5.82 Å². The average Bonchev–Trinajstić information content (AvgIpc) is 3.20. The van der Waals surface area contributed by atoms with Gasteiger partial charge in [0.1, 0.15) is 6.33 Å². The molecule has 4 rings (SSSR count). The van der Waals surface area contributed by atoms with E-state index < -0.39 is 0 Å². The maximum absolute atomic E-state index is 11.4. The number of hydrogen-bond donors (Lipinski definition) is 2. The number of nitrogens with one attached hydrogen (secondary N) is 2. The molecule has 23 heavy (non-hydrogen) atoms. The molecular formula is C14H18N8O. The van der Waals surface area contributed by atoms with E-state index in [1.807, 2.05) is 4.57 Å². The normalized spacial score (nSPS) is 18.7. The summed E-state index contributed by atoms with van der Waals surface area (Å²) in [5.41, 5.74) is 1.34. The van der Waals surface area contributed by atoms with Crippen LogP contribution in [0.15, 0.2) is 17.4 Å². The highest BCUT2D eigenvalue weighted by Gasteiger charge is 2.29. The Morgan fingerprint density at radius 2 is 2.22 bits per heavy atom. The second-order valence-electron chi connectivity index (χ2n) is 5.67. The third kappa shape index (κ3) is 2.28. The fourth-order valence-electron chi connectivity index (χ4n) is 3.22. The summed E-state index contributed by atoms with van der Waals surface area (Å²) in [5, 5.41) is 6.56. The topological polar surface area (TPSA) is 108 Å². The van der Waals surface area contributed by atoms with Gasteiger partial charge in [0.05, 0.1) is 12.4 Å². The van der Waals surface area contributed by atoms with Crippen molar-refractivity contribution < 1.29 is 0 Å². The summed E-state index contributed by atoms with van der Waals surface area (Å²) >= 11 is 0. The van der Waals surface area contributed by atoms with Gasteiger partial charge in [0.25, 0.3) is 0 Å². The number of rotatable bonds is 3. The molecule has 0 unspecified atom stereocenters. The number of hydrogen-bond acceptors (Lipinski definition) is 6. The number of aromatic nitrogens is 7. The Kier molecular flexibility index (Phi) is 3.32. The SMILES string of the molecule is CCn1cnc2c(N3CCCC[C@@H]3c3n[nH]c(=O)[nH]3)ncnc21. The van der Waals surface area contributed by atoms with Crippen LogP contribution in [0.1, 0.15) is 38.1 Å². The third-order valence-corrected chi connectivity index (χ3v) is 4.33.